The smallest absolute Gasteiger partial charge is 0.125 e. The lowest BCUT2D eigenvalue weighted by atomic mass is 9.99. The minimum absolute atomic E-state index is 0.751. The van der Waals surface area contributed by atoms with Gasteiger partial charge in [0.2, 0.25) is 0 Å². The third-order valence-electron chi connectivity index (χ3n) is 2.58. The van der Waals surface area contributed by atoms with Gasteiger partial charge in [0, 0.05) is 0 Å². The summed E-state index contributed by atoms with van der Waals surface area (Å²) in [5.41, 5.74) is 4.05. The van der Waals surface area contributed by atoms with Gasteiger partial charge < -0.3 is 4.74 Å². The molecule has 0 saturated carbocycles. The van der Waals surface area contributed by atoms with Crippen LogP contribution >= 0.6 is 0 Å². The Morgan fingerprint density at radius 3 is 2.29 bits per heavy atom. The van der Waals surface area contributed by atoms with E-state index in [4.69, 9.17) is 4.74 Å². The summed E-state index contributed by atoms with van der Waals surface area (Å²) in [6, 6.07) is 4.37. The zero-order chi connectivity index (χ0) is 10.6. The van der Waals surface area contributed by atoms with Crippen molar-refractivity contribution in [1.82, 2.24) is 0 Å². The van der Waals surface area contributed by atoms with E-state index in [1.807, 2.05) is 6.92 Å². The molecule has 0 aliphatic carbocycles. The Morgan fingerprint density at radius 1 is 1.07 bits per heavy atom. The molecule has 0 fully saturated rings. The highest BCUT2D eigenvalue weighted by Gasteiger charge is 2.09. The largest absolute Gasteiger partial charge is 0.493 e. The second-order valence-electron chi connectivity index (χ2n) is 3.49. The Labute approximate surface area is 87.1 Å². The summed E-state index contributed by atoms with van der Waals surface area (Å²) in [6.45, 7) is 9.29. The molecule has 0 aromatic heterocycles. The van der Waals surface area contributed by atoms with Gasteiger partial charge in [-0.25, -0.2) is 0 Å². The molecule has 0 aliphatic heterocycles. The summed E-state index contributed by atoms with van der Waals surface area (Å²) in [5.74, 6) is 1.11. The van der Waals surface area contributed by atoms with Gasteiger partial charge in [-0.05, 0) is 43.4 Å². The molecule has 0 N–H and O–H groups in total. The molecule has 0 atom stereocenters. The van der Waals surface area contributed by atoms with Crippen LogP contribution in [0.25, 0.3) is 0 Å². The fourth-order valence-corrected chi connectivity index (χ4v) is 1.85. The molecule has 14 heavy (non-hydrogen) atoms. The first kappa shape index (κ1) is 11.1. The molecule has 0 spiro atoms. The Hall–Kier alpha value is -0.980. The molecule has 1 aromatic carbocycles. The van der Waals surface area contributed by atoms with Crippen molar-refractivity contribution >= 4 is 0 Å². The highest BCUT2D eigenvalue weighted by Crippen LogP contribution is 2.27. The van der Waals surface area contributed by atoms with E-state index in [0.29, 0.717) is 0 Å². The Morgan fingerprint density at radius 2 is 1.79 bits per heavy atom. The van der Waals surface area contributed by atoms with Crippen LogP contribution in [0, 0.1) is 6.92 Å². The minimum Gasteiger partial charge on any atom is -0.493 e. The monoisotopic (exact) mass is 192 g/mol. The first-order valence-corrected chi connectivity index (χ1v) is 5.48. The molecule has 0 radical (unpaired) electrons. The molecule has 1 aromatic rings. The highest BCUT2D eigenvalue weighted by molar-refractivity contribution is 5.46. The molecule has 0 aliphatic rings. The maximum atomic E-state index is 5.70. The number of benzene rings is 1. The maximum Gasteiger partial charge on any atom is 0.125 e. The third kappa shape index (κ3) is 2.09. The molecule has 1 rings (SSSR count). The normalized spacial score (nSPS) is 10.3. The van der Waals surface area contributed by atoms with E-state index in [1.54, 1.807) is 0 Å². The molecule has 78 valence electrons. The van der Waals surface area contributed by atoms with Gasteiger partial charge in [-0.2, -0.15) is 0 Å². The van der Waals surface area contributed by atoms with Crippen molar-refractivity contribution in [3.63, 3.8) is 0 Å². The summed E-state index contributed by atoms with van der Waals surface area (Å²) in [7, 11) is 0. The lowest BCUT2D eigenvalue weighted by Gasteiger charge is -2.15. The molecule has 1 heteroatoms. The van der Waals surface area contributed by atoms with Crippen LogP contribution in [0.2, 0.25) is 0 Å². The van der Waals surface area contributed by atoms with Gasteiger partial charge in [0.1, 0.15) is 5.75 Å². The predicted molar refractivity (Wildman–Crippen MR) is 61.1 cm³/mol. The number of hydrogen-bond donors (Lipinski definition) is 0. The van der Waals surface area contributed by atoms with Crippen LogP contribution in [0.1, 0.15) is 37.5 Å². The zero-order valence-corrected chi connectivity index (χ0v) is 9.68. The molecule has 0 amide bonds. The van der Waals surface area contributed by atoms with Gasteiger partial charge in [0.25, 0.3) is 0 Å². The van der Waals surface area contributed by atoms with Crippen molar-refractivity contribution in [3.8, 4) is 5.75 Å². The van der Waals surface area contributed by atoms with Crippen LogP contribution in [-0.4, -0.2) is 6.61 Å². The molecular formula is C13H20O. The zero-order valence-electron chi connectivity index (χ0n) is 9.68. The van der Waals surface area contributed by atoms with Crippen molar-refractivity contribution in [2.45, 2.75) is 40.5 Å². The summed E-state index contributed by atoms with van der Waals surface area (Å²) in [6.07, 6.45) is 2.14. The molecule has 0 heterocycles. The van der Waals surface area contributed by atoms with Crippen molar-refractivity contribution < 1.29 is 4.74 Å². The summed E-state index contributed by atoms with van der Waals surface area (Å²) in [5, 5.41) is 0. The second kappa shape index (κ2) is 5.04. The Bertz CT molecular complexity index is 302. The summed E-state index contributed by atoms with van der Waals surface area (Å²) >= 11 is 0. The van der Waals surface area contributed by atoms with Crippen molar-refractivity contribution in [2.24, 2.45) is 0 Å². The van der Waals surface area contributed by atoms with Crippen LogP contribution in [0.15, 0.2) is 12.1 Å². The number of ether oxygens (including phenoxy) is 1. The number of aryl methyl sites for hydroxylation is 2. The quantitative estimate of drug-likeness (QED) is 0.709. The van der Waals surface area contributed by atoms with Gasteiger partial charge in [0.15, 0.2) is 0 Å². The topological polar surface area (TPSA) is 9.23 Å². The first-order valence-electron chi connectivity index (χ1n) is 5.48. The van der Waals surface area contributed by atoms with Gasteiger partial charge >= 0.3 is 0 Å². The molecule has 0 unspecified atom stereocenters. The fraction of sp³-hybridized carbons (Fsp3) is 0.538. The van der Waals surface area contributed by atoms with Gasteiger partial charge in [-0.15, -0.1) is 0 Å². The van der Waals surface area contributed by atoms with E-state index in [1.165, 1.54) is 16.7 Å². The average Bonchev–Trinajstić information content (AvgIpc) is 2.21. The number of hydrogen-bond acceptors (Lipinski definition) is 1. The van der Waals surface area contributed by atoms with Crippen molar-refractivity contribution in [3.05, 3.63) is 28.8 Å². The fourth-order valence-electron chi connectivity index (χ4n) is 1.85. The lowest BCUT2D eigenvalue weighted by Crippen LogP contribution is -2.01. The van der Waals surface area contributed by atoms with E-state index in [0.717, 1.165) is 25.2 Å². The van der Waals surface area contributed by atoms with Gasteiger partial charge in [0.05, 0.1) is 6.61 Å². The van der Waals surface area contributed by atoms with E-state index in [2.05, 4.69) is 32.9 Å². The Kier molecular flexibility index (Phi) is 3.99. The van der Waals surface area contributed by atoms with E-state index in [-0.39, 0.29) is 0 Å². The second-order valence-corrected chi connectivity index (χ2v) is 3.49. The van der Waals surface area contributed by atoms with Crippen LogP contribution in [0.4, 0.5) is 0 Å². The maximum absolute atomic E-state index is 5.70. The third-order valence-corrected chi connectivity index (χ3v) is 2.58. The molecule has 0 saturated heterocycles. The molecule has 0 bridgehead atoms. The predicted octanol–water partition coefficient (Wildman–Crippen LogP) is 3.52. The highest BCUT2D eigenvalue weighted by atomic mass is 16.5. The van der Waals surface area contributed by atoms with E-state index >= 15 is 0 Å². The molecule has 1 nitrogen and oxygen atoms in total. The summed E-state index contributed by atoms with van der Waals surface area (Å²) < 4.78 is 5.70. The van der Waals surface area contributed by atoms with E-state index < -0.39 is 0 Å². The van der Waals surface area contributed by atoms with Crippen molar-refractivity contribution in [2.75, 3.05) is 6.61 Å². The standard InChI is InChI=1S/C13H20O/c1-5-11-9-8-10(4)13(14-7-3)12(11)6-2/h8-9H,5-7H2,1-4H3. The average molecular weight is 192 g/mol. The van der Waals surface area contributed by atoms with Crippen LogP contribution < -0.4 is 4.74 Å². The SMILES string of the molecule is CCOc1c(C)ccc(CC)c1CC. The van der Waals surface area contributed by atoms with Crippen LogP contribution in [0.3, 0.4) is 0 Å². The number of rotatable bonds is 4. The van der Waals surface area contributed by atoms with Crippen molar-refractivity contribution in [1.29, 1.82) is 0 Å². The van der Waals surface area contributed by atoms with Crippen LogP contribution in [-0.2, 0) is 12.8 Å². The van der Waals surface area contributed by atoms with E-state index in [9.17, 15) is 0 Å². The molecular weight excluding hydrogens is 172 g/mol. The first-order chi connectivity index (χ1) is 6.74. The minimum atomic E-state index is 0.751. The van der Waals surface area contributed by atoms with Gasteiger partial charge in [-0.3, -0.25) is 0 Å². The Balaban J connectivity index is 3.20. The van der Waals surface area contributed by atoms with Crippen LogP contribution in [0.5, 0.6) is 5.75 Å². The van der Waals surface area contributed by atoms with Gasteiger partial charge in [-0.1, -0.05) is 26.0 Å². The lowest BCUT2D eigenvalue weighted by molar-refractivity contribution is 0.334. The summed E-state index contributed by atoms with van der Waals surface area (Å²) in [4.78, 5) is 0.